The molecular formula is C3H5BN2. The molecule has 1 rings (SSSR count). The third-order valence-electron chi connectivity index (χ3n) is 0.652. The predicted octanol–water partition coefficient (Wildman–Crippen LogP) is -0.896. The van der Waals surface area contributed by atoms with Crippen molar-refractivity contribution in [3.63, 3.8) is 0 Å². The Balaban J connectivity index is 2.45. The average Bonchev–Trinajstić information content (AvgIpc) is 1.86. The molecule has 30 valence electrons. The van der Waals surface area contributed by atoms with E-state index in [9.17, 15) is 0 Å². The molecule has 0 aromatic rings. The molecule has 0 aromatic heterocycles. The van der Waals surface area contributed by atoms with E-state index in [1.165, 1.54) is 0 Å². The first-order valence-electron chi connectivity index (χ1n) is 1.82. The van der Waals surface area contributed by atoms with E-state index in [1.807, 2.05) is 0 Å². The first-order chi connectivity index (χ1) is 2.89. The Labute approximate surface area is 38.0 Å². The minimum absolute atomic E-state index is 0.718. The summed E-state index contributed by atoms with van der Waals surface area (Å²) in [7, 11) is 5.22. The van der Waals surface area contributed by atoms with Crippen molar-refractivity contribution in [3.8, 4) is 0 Å². The van der Waals surface area contributed by atoms with Gasteiger partial charge >= 0.3 is 0 Å². The second kappa shape index (κ2) is 1.24. The number of rotatable bonds is 0. The summed E-state index contributed by atoms with van der Waals surface area (Å²) in [6.07, 6.45) is 1.74. The Morgan fingerprint density at radius 2 is 2.67 bits per heavy atom. The van der Waals surface area contributed by atoms with Crippen molar-refractivity contribution in [2.75, 3.05) is 6.67 Å². The predicted molar refractivity (Wildman–Crippen MR) is 25.0 cm³/mol. The maximum absolute atomic E-state index is 5.22. The molecule has 2 N–H and O–H groups in total. The Morgan fingerprint density at radius 1 is 1.83 bits per heavy atom. The van der Waals surface area contributed by atoms with E-state index in [4.69, 9.17) is 7.85 Å². The van der Waals surface area contributed by atoms with Crippen LogP contribution in [0.4, 0.5) is 0 Å². The third kappa shape index (κ3) is 0.480. The Bertz CT molecular complexity index is 78.9. The van der Waals surface area contributed by atoms with Crippen LogP contribution in [0.15, 0.2) is 11.8 Å². The molecule has 1 aliphatic rings. The number of hydrogen-bond acceptors (Lipinski definition) is 2. The summed E-state index contributed by atoms with van der Waals surface area (Å²) in [5, 5.41) is 5.72. The van der Waals surface area contributed by atoms with Crippen molar-refractivity contribution in [3.05, 3.63) is 11.8 Å². The molecule has 0 aliphatic carbocycles. The highest BCUT2D eigenvalue weighted by molar-refractivity contribution is 6.21. The first-order valence-corrected chi connectivity index (χ1v) is 1.82. The van der Waals surface area contributed by atoms with Crippen molar-refractivity contribution in [1.29, 1.82) is 0 Å². The Hall–Kier alpha value is -0.595. The molecule has 0 unspecified atom stereocenters. The van der Waals surface area contributed by atoms with Gasteiger partial charge in [0.05, 0.1) is 6.67 Å². The van der Waals surface area contributed by atoms with E-state index in [-0.39, 0.29) is 0 Å². The van der Waals surface area contributed by atoms with E-state index in [0.29, 0.717) is 0 Å². The molecule has 0 spiro atoms. The molecule has 0 bridgehead atoms. The Kier molecular flexibility index (Phi) is 0.745. The minimum Gasteiger partial charge on any atom is -0.379 e. The van der Waals surface area contributed by atoms with Crippen molar-refractivity contribution >= 4 is 7.85 Å². The molecule has 0 saturated carbocycles. The van der Waals surface area contributed by atoms with Gasteiger partial charge in [-0.3, -0.25) is 0 Å². The summed E-state index contributed by atoms with van der Waals surface area (Å²) in [6.45, 7) is 0.770. The highest BCUT2D eigenvalue weighted by atomic mass is 15.1. The zero-order chi connectivity index (χ0) is 4.41. The van der Waals surface area contributed by atoms with Crippen LogP contribution in [0.25, 0.3) is 0 Å². The summed E-state index contributed by atoms with van der Waals surface area (Å²) < 4.78 is 0. The van der Waals surface area contributed by atoms with Crippen LogP contribution in [-0.2, 0) is 0 Å². The fourth-order valence-electron chi connectivity index (χ4n) is 0.365. The van der Waals surface area contributed by atoms with Crippen molar-refractivity contribution in [1.82, 2.24) is 10.6 Å². The average molecular weight is 79.9 g/mol. The van der Waals surface area contributed by atoms with Crippen molar-refractivity contribution in [2.45, 2.75) is 0 Å². The molecular weight excluding hydrogens is 74.9 g/mol. The molecule has 3 heteroatoms. The second-order valence-electron chi connectivity index (χ2n) is 1.16. The van der Waals surface area contributed by atoms with Crippen LogP contribution in [-0.4, -0.2) is 14.5 Å². The summed E-state index contributed by atoms with van der Waals surface area (Å²) in [4.78, 5) is 0. The smallest absolute Gasteiger partial charge is 0.140 e. The van der Waals surface area contributed by atoms with Crippen LogP contribution in [0.3, 0.4) is 0 Å². The molecule has 0 atom stereocenters. The standard InChI is InChI=1S/C3H5BN2/c4-3-1-5-2-6-3/h1,5-6H,2H2. The van der Waals surface area contributed by atoms with Crippen molar-refractivity contribution in [2.24, 2.45) is 0 Å². The molecule has 1 heterocycles. The monoisotopic (exact) mass is 80.1 g/mol. The zero-order valence-electron chi connectivity index (χ0n) is 3.36. The number of nitrogens with one attached hydrogen (secondary N) is 2. The highest BCUT2D eigenvalue weighted by Gasteiger charge is 1.89. The van der Waals surface area contributed by atoms with E-state index >= 15 is 0 Å². The quantitative estimate of drug-likeness (QED) is 0.368. The fourth-order valence-corrected chi connectivity index (χ4v) is 0.365. The highest BCUT2D eigenvalue weighted by Crippen LogP contribution is 1.79. The fraction of sp³-hybridized carbons (Fsp3) is 0.333. The summed E-state index contributed by atoms with van der Waals surface area (Å²) in [5.74, 6) is 0. The van der Waals surface area contributed by atoms with Crippen LogP contribution < -0.4 is 10.6 Å². The van der Waals surface area contributed by atoms with Gasteiger partial charge in [-0.2, -0.15) is 0 Å². The topological polar surface area (TPSA) is 24.1 Å². The van der Waals surface area contributed by atoms with Crippen LogP contribution in [0.5, 0.6) is 0 Å². The van der Waals surface area contributed by atoms with Gasteiger partial charge in [0.1, 0.15) is 7.85 Å². The van der Waals surface area contributed by atoms with Gasteiger partial charge in [-0.15, -0.1) is 0 Å². The summed E-state index contributed by atoms with van der Waals surface area (Å²) >= 11 is 0. The van der Waals surface area contributed by atoms with Crippen molar-refractivity contribution < 1.29 is 0 Å². The van der Waals surface area contributed by atoms with Crippen LogP contribution in [0.2, 0.25) is 0 Å². The van der Waals surface area contributed by atoms with Gasteiger partial charge in [-0.05, 0) is 5.60 Å². The molecule has 0 fully saturated rings. The molecule has 6 heavy (non-hydrogen) atoms. The van der Waals surface area contributed by atoms with E-state index in [1.54, 1.807) is 6.20 Å². The van der Waals surface area contributed by atoms with Gasteiger partial charge < -0.3 is 10.6 Å². The van der Waals surface area contributed by atoms with E-state index in [2.05, 4.69) is 10.6 Å². The van der Waals surface area contributed by atoms with Crippen LogP contribution in [0.1, 0.15) is 0 Å². The maximum atomic E-state index is 5.22. The molecule has 0 aromatic carbocycles. The lowest BCUT2D eigenvalue weighted by molar-refractivity contribution is 0.829. The van der Waals surface area contributed by atoms with Crippen LogP contribution in [0, 0.1) is 0 Å². The summed E-state index contributed by atoms with van der Waals surface area (Å²) in [6, 6.07) is 0. The molecule has 0 saturated heterocycles. The lowest BCUT2D eigenvalue weighted by Crippen LogP contribution is -2.13. The lowest BCUT2D eigenvalue weighted by atomic mass is 10.1. The second-order valence-corrected chi connectivity index (χ2v) is 1.16. The molecule has 2 nitrogen and oxygen atoms in total. The van der Waals surface area contributed by atoms with E-state index < -0.39 is 0 Å². The third-order valence-corrected chi connectivity index (χ3v) is 0.652. The van der Waals surface area contributed by atoms with E-state index in [0.717, 1.165) is 12.3 Å². The largest absolute Gasteiger partial charge is 0.379 e. The SMILES string of the molecule is [B]C1=CNCN1. The normalized spacial score (nSPS) is 18.3. The van der Waals surface area contributed by atoms with Gasteiger partial charge in [0.25, 0.3) is 0 Å². The number of hydrogen-bond donors (Lipinski definition) is 2. The first kappa shape index (κ1) is 3.59. The van der Waals surface area contributed by atoms with Gasteiger partial charge in [0.2, 0.25) is 0 Å². The van der Waals surface area contributed by atoms with Gasteiger partial charge in [0, 0.05) is 6.20 Å². The maximum Gasteiger partial charge on any atom is 0.140 e. The minimum atomic E-state index is 0.718. The zero-order valence-corrected chi connectivity index (χ0v) is 3.36. The molecule has 1 aliphatic heterocycles. The lowest BCUT2D eigenvalue weighted by Gasteiger charge is -1.88. The Morgan fingerprint density at radius 3 is 2.83 bits per heavy atom. The molecule has 0 amide bonds. The van der Waals surface area contributed by atoms with Gasteiger partial charge in [-0.1, -0.05) is 0 Å². The molecule has 2 radical (unpaired) electrons. The van der Waals surface area contributed by atoms with Gasteiger partial charge in [0.15, 0.2) is 0 Å². The van der Waals surface area contributed by atoms with Gasteiger partial charge in [-0.25, -0.2) is 0 Å². The summed E-state index contributed by atoms with van der Waals surface area (Å²) in [5.41, 5.74) is 0.718. The van der Waals surface area contributed by atoms with Crippen LogP contribution >= 0.6 is 0 Å².